The van der Waals surface area contributed by atoms with Crippen molar-refractivity contribution in [2.45, 2.75) is 52.0 Å². The highest BCUT2D eigenvalue weighted by Crippen LogP contribution is 2.32. The van der Waals surface area contributed by atoms with Crippen molar-refractivity contribution in [3.63, 3.8) is 0 Å². The molecule has 2 saturated heterocycles. The Morgan fingerprint density at radius 3 is 2.53 bits per heavy atom. The van der Waals surface area contributed by atoms with E-state index < -0.39 is 0 Å². The first-order chi connectivity index (χ1) is 15.5. The predicted octanol–water partition coefficient (Wildman–Crippen LogP) is 3.65. The molecule has 1 aromatic carbocycles. The van der Waals surface area contributed by atoms with Crippen molar-refractivity contribution in [2.75, 3.05) is 26.7 Å². The molecule has 0 N–H and O–H groups in total. The normalized spacial score (nSPS) is 19.7. The Morgan fingerprint density at radius 1 is 1.03 bits per heavy atom. The molecule has 3 heterocycles. The van der Waals surface area contributed by atoms with Gasteiger partial charge in [0.25, 0.3) is 11.8 Å². The second-order valence-electron chi connectivity index (χ2n) is 8.84. The van der Waals surface area contributed by atoms with E-state index in [-0.39, 0.29) is 17.9 Å². The van der Waals surface area contributed by atoms with Crippen LogP contribution in [0.4, 0.5) is 0 Å². The minimum atomic E-state index is 0.00825. The number of benzene rings is 1. The topological polar surface area (TPSA) is 75.6 Å². The number of methoxy groups -OCH3 is 1. The van der Waals surface area contributed by atoms with Crippen LogP contribution >= 0.6 is 0 Å². The zero-order chi connectivity index (χ0) is 22.7. The van der Waals surface area contributed by atoms with Crippen molar-refractivity contribution < 1.29 is 14.3 Å². The second kappa shape index (κ2) is 9.67. The first-order valence-corrected chi connectivity index (χ1v) is 11.5. The maximum absolute atomic E-state index is 13.3. The lowest BCUT2D eigenvalue weighted by molar-refractivity contribution is 0.0374. The molecule has 7 nitrogen and oxygen atoms in total. The summed E-state index contributed by atoms with van der Waals surface area (Å²) >= 11 is 0. The summed E-state index contributed by atoms with van der Waals surface area (Å²) in [6, 6.07) is 7.64. The molecule has 2 aliphatic heterocycles. The van der Waals surface area contributed by atoms with Crippen LogP contribution in [-0.4, -0.2) is 64.4 Å². The Morgan fingerprint density at radius 2 is 1.81 bits per heavy atom. The van der Waals surface area contributed by atoms with Crippen molar-refractivity contribution in [3.05, 3.63) is 53.1 Å². The number of amides is 2. The van der Waals surface area contributed by atoms with Crippen LogP contribution in [-0.2, 0) is 0 Å². The molecular formula is C25H32N4O3. The van der Waals surface area contributed by atoms with Crippen LogP contribution < -0.4 is 4.74 Å². The molecule has 170 valence electrons. The van der Waals surface area contributed by atoms with E-state index in [0.717, 1.165) is 44.3 Å². The zero-order valence-corrected chi connectivity index (χ0v) is 19.2. The SMILES string of the molecule is COc1cccc(C(=O)N2CCCC[C@H]2C2CCN(C(=O)c3cnc(C)nc3C)CC2)c1. The van der Waals surface area contributed by atoms with Gasteiger partial charge in [0.2, 0.25) is 0 Å². The number of hydrogen-bond acceptors (Lipinski definition) is 5. The Kier molecular flexibility index (Phi) is 6.72. The number of carbonyl (C=O) groups excluding carboxylic acids is 2. The summed E-state index contributed by atoms with van der Waals surface area (Å²) in [4.78, 5) is 38.9. The molecule has 1 atom stereocenters. The lowest BCUT2D eigenvalue weighted by Gasteiger charge is -2.43. The van der Waals surface area contributed by atoms with Gasteiger partial charge in [-0.05, 0) is 70.1 Å². The highest BCUT2D eigenvalue weighted by atomic mass is 16.5. The fraction of sp³-hybridized carbons (Fsp3) is 0.520. The van der Waals surface area contributed by atoms with E-state index in [1.807, 2.05) is 43.0 Å². The molecule has 2 fully saturated rings. The number of hydrogen-bond donors (Lipinski definition) is 0. The van der Waals surface area contributed by atoms with E-state index >= 15 is 0 Å². The van der Waals surface area contributed by atoms with Gasteiger partial charge in [0, 0.05) is 37.4 Å². The third kappa shape index (κ3) is 4.61. The number of likely N-dealkylation sites (tertiary alicyclic amines) is 2. The van der Waals surface area contributed by atoms with Gasteiger partial charge in [0.1, 0.15) is 11.6 Å². The van der Waals surface area contributed by atoms with Gasteiger partial charge in [-0.2, -0.15) is 0 Å². The van der Waals surface area contributed by atoms with Crippen molar-refractivity contribution in [1.82, 2.24) is 19.8 Å². The van der Waals surface area contributed by atoms with Crippen molar-refractivity contribution in [3.8, 4) is 5.75 Å². The van der Waals surface area contributed by atoms with E-state index in [4.69, 9.17) is 4.74 Å². The number of carbonyl (C=O) groups is 2. The molecule has 0 spiro atoms. The fourth-order valence-corrected chi connectivity index (χ4v) is 5.07. The molecule has 7 heteroatoms. The van der Waals surface area contributed by atoms with Crippen molar-refractivity contribution in [2.24, 2.45) is 5.92 Å². The molecule has 0 unspecified atom stereocenters. The van der Waals surface area contributed by atoms with Gasteiger partial charge in [0.15, 0.2) is 0 Å². The average molecular weight is 437 g/mol. The standard InChI is InChI=1S/C25H32N4O3/c1-17-22(16-26-18(2)27-17)25(31)28-13-10-19(11-14-28)23-9-4-5-12-29(23)24(30)20-7-6-8-21(15-20)32-3/h6-8,15-16,19,23H,4-5,9-14H2,1-3H3/t23-/m0/s1. The van der Waals surface area contributed by atoms with Gasteiger partial charge in [0.05, 0.1) is 18.4 Å². The Balaban J connectivity index is 1.43. The molecule has 2 aromatic rings. The predicted molar refractivity (Wildman–Crippen MR) is 122 cm³/mol. The number of aromatic nitrogens is 2. The first kappa shape index (κ1) is 22.2. The van der Waals surface area contributed by atoms with Crippen LogP contribution in [0.25, 0.3) is 0 Å². The molecule has 1 aromatic heterocycles. The summed E-state index contributed by atoms with van der Waals surface area (Å²) < 4.78 is 5.30. The smallest absolute Gasteiger partial charge is 0.257 e. The molecule has 2 amide bonds. The monoisotopic (exact) mass is 436 g/mol. The number of nitrogens with zero attached hydrogens (tertiary/aromatic N) is 4. The minimum absolute atomic E-state index is 0.00825. The van der Waals surface area contributed by atoms with E-state index in [1.54, 1.807) is 13.3 Å². The third-order valence-corrected chi connectivity index (χ3v) is 6.83. The summed E-state index contributed by atoms with van der Waals surface area (Å²) in [6.07, 6.45) is 6.66. The van der Waals surface area contributed by atoms with Gasteiger partial charge in [-0.3, -0.25) is 9.59 Å². The van der Waals surface area contributed by atoms with Crippen LogP contribution in [0.2, 0.25) is 0 Å². The Labute approximate surface area is 189 Å². The Bertz CT molecular complexity index is 985. The number of rotatable bonds is 4. The molecule has 0 bridgehead atoms. The lowest BCUT2D eigenvalue weighted by atomic mass is 9.83. The largest absolute Gasteiger partial charge is 0.497 e. The molecule has 0 saturated carbocycles. The zero-order valence-electron chi connectivity index (χ0n) is 19.2. The quantitative estimate of drug-likeness (QED) is 0.731. The number of ether oxygens (including phenoxy) is 1. The molecule has 4 rings (SSSR count). The van der Waals surface area contributed by atoms with Crippen LogP contribution in [0.5, 0.6) is 5.75 Å². The maximum atomic E-state index is 13.3. The summed E-state index contributed by atoms with van der Waals surface area (Å²) in [7, 11) is 1.62. The summed E-state index contributed by atoms with van der Waals surface area (Å²) in [6.45, 7) is 5.89. The number of piperidine rings is 2. The first-order valence-electron chi connectivity index (χ1n) is 11.5. The van der Waals surface area contributed by atoms with Crippen LogP contribution in [0, 0.1) is 19.8 Å². The van der Waals surface area contributed by atoms with Crippen molar-refractivity contribution >= 4 is 11.8 Å². The summed E-state index contributed by atoms with van der Waals surface area (Å²) in [5.41, 5.74) is 1.99. The Hall–Kier alpha value is -2.96. The van der Waals surface area contributed by atoms with Gasteiger partial charge in [-0.15, -0.1) is 0 Å². The van der Waals surface area contributed by atoms with E-state index in [1.165, 1.54) is 0 Å². The molecular weight excluding hydrogens is 404 g/mol. The van der Waals surface area contributed by atoms with Crippen LogP contribution in [0.1, 0.15) is 64.3 Å². The van der Waals surface area contributed by atoms with E-state index in [0.29, 0.717) is 41.7 Å². The summed E-state index contributed by atoms with van der Waals surface area (Å²) in [5.74, 6) is 1.88. The van der Waals surface area contributed by atoms with Crippen LogP contribution in [0.3, 0.4) is 0 Å². The second-order valence-corrected chi connectivity index (χ2v) is 8.84. The minimum Gasteiger partial charge on any atom is -0.497 e. The number of aryl methyl sites for hydroxylation is 2. The lowest BCUT2D eigenvalue weighted by Crippen LogP contribution is -2.51. The van der Waals surface area contributed by atoms with E-state index in [2.05, 4.69) is 14.9 Å². The third-order valence-electron chi connectivity index (χ3n) is 6.83. The van der Waals surface area contributed by atoms with Gasteiger partial charge in [-0.25, -0.2) is 9.97 Å². The van der Waals surface area contributed by atoms with Crippen molar-refractivity contribution in [1.29, 1.82) is 0 Å². The maximum Gasteiger partial charge on any atom is 0.257 e. The molecule has 0 aliphatic carbocycles. The van der Waals surface area contributed by atoms with Gasteiger partial charge in [-0.1, -0.05) is 6.07 Å². The molecule has 2 aliphatic rings. The fourth-order valence-electron chi connectivity index (χ4n) is 5.07. The molecule has 0 radical (unpaired) electrons. The average Bonchev–Trinajstić information content (AvgIpc) is 2.83. The highest BCUT2D eigenvalue weighted by Gasteiger charge is 2.36. The summed E-state index contributed by atoms with van der Waals surface area (Å²) in [5, 5.41) is 0. The molecule has 32 heavy (non-hydrogen) atoms. The highest BCUT2D eigenvalue weighted by molar-refractivity contribution is 5.95. The van der Waals surface area contributed by atoms with Crippen LogP contribution in [0.15, 0.2) is 30.5 Å². The van der Waals surface area contributed by atoms with Gasteiger partial charge < -0.3 is 14.5 Å². The van der Waals surface area contributed by atoms with E-state index in [9.17, 15) is 9.59 Å². The van der Waals surface area contributed by atoms with Gasteiger partial charge >= 0.3 is 0 Å².